The maximum absolute atomic E-state index is 5.59. The van der Waals surface area contributed by atoms with Crippen molar-refractivity contribution < 1.29 is 0 Å². The molecule has 1 heterocycles. The van der Waals surface area contributed by atoms with Crippen LogP contribution < -0.4 is 0 Å². The summed E-state index contributed by atoms with van der Waals surface area (Å²) in [6.45, 7) is 2.18. The van der Waals surface area contributed by atoms with E-state index in [0.29, 0.717) is 5.88 Å². The quantitative estimate of drug-likeness (QED) is 0.690. The number of aryl methyl sites for hydroxylation is 2. The molecule has 0 aliphatic rings. The van der Waals surface area contributed by atoms with Gasteiger partial charge in [-0.05, 0) is 6.42 Å². The van der Waals surface area contributed by atoms with Crippen LogP contribution >= 0.6 is 22.9 Å². The summed E-state index contributed by atoms with van der Waals surface area (Å²) in [6.07, 6.45) is 4.34. The minimum absolute atomic E-state index is 0.641. The van der Waals surface area contributed by atoms with Crippen LogP contribution in [0.3, 0.4) is 0 Å². The molecule has 12 heavy (non-hydrogen) atoms. The van der Waals surface area contributed by atoms with Gasteiger partial charge in [-0.2, -0.15) is 0 Å². The van der Waals surface area contributed by atoms with Crippen LogP contribution in [-0.4, -0.2) is 16.1 Å². The Kier molecular flexibility index (Phi) is 4.54. The van der Waals surface area contributed by atoms with E-state index in [1.165, 1.54) is 12.8 Å². The van der Waals surface area contributed by atoms with Gasteiger partial charge in [0.25, 0.3) is 0 Å². The Hall–Kier alpha value is -0.150. The molecule has 0 unspecified atom stereocenters. The minimum Gasteiger partial charge on any atom is -0.144 e. The molecule has 1 rings (SSSR count). The van der Waals surface area contributed by atoms with Gasteiger partial charge in [0.15, 0.2) is 0 Å². The van der Waals surface area contributed by atoms with E-state index in [2.05, 4.69) is 17.1 Å². The normalized spacial score (nSPS) is 10.5. The Bertz CT molecular complexity index is 225. The number of hydrogen-bond donors (Lipinski definition) is 0. The first-order valence-corrected chi connectivity index (χ1v) is 5.59. The first-order valence-electron chi connectivity index (χ1n) is 4.24. The highest BCUT2D eigenvalue weighted by Gasteiger charge is 2.02. The summed E-state index contributed by atoms with van der Waals surface area (Å²) in [6, 6.07) is 0. The third-order valence-electron chi connectivity index (χ3n) is 1.56. The van der Waals surface area contributed by atoms with Crippen molar-refractivity contribution >= 4 is 22.9 Å². The zero-order valence-electron chi connectivity index (χ0n) is 7.22. The predicted molar refractivity (Wildman–Crippen MR) is 52.9 cm³/mol. The molecule has 0 aromatic carbocycles. The molecular formula is C8H13ClN2S. The number of unbranched alkanes of at least 4 members (excludes halogenated alkanes) is 1. The highest BCUT2D eigenvalue weighted by molar-refractivity contribution is 7.11. The molecule has 1 aromatic heterocycles. The first-order chi connectivity index (χ1) is 5.86. The Morgan fingerprint density at radius 1 is 1.25 bits per heavy atom. The summed E-state index contributed by atoms with van der Waals surface area (Å²) in [5.74, 6) is 0.641. The average molecular weight is 205 g/mol. The summed E-state index contributed by atoms with van der Waals surface area (Å²) in [5.41, 5.74) is 0. The van der Waals surface area contributed by atoms with Gasteiger partial charge in [-0.25, -0.2) is 0 Å². The standard InChI is InChI=1S/C8H13ClN2S/c1-2-3-4-7-10-11-8(12-7)5-6-9/h2-6H2,1H3. The van der Waals surface area contributed by atoms with Crippen LogP contribution in [-0.2, 0) is 12.8 Å². The molecule has 0 aliphatic carbocycles. The zero-order valence-corrected chi connectivity index (χ0v) is 8.79. The number of alkyl halides is 1. The van der Waals surface area contributed by atoms with Gasteiger partial charge in [-0.3, -0.25) is 0 Å². The second-order valence-corrected chi connectivity index (χ2v) is 4.16. The monoisotopic (exact) mass is 204 g/mol. The van der Waals surface area contributed by atoms with Crippen LogP contribution in [0.25, 0.3) is 0 Å². The molecule has 4 heteroatoms. The fourth-order valence-corrected chi connectivity index (χ4v) is 2.08. The SMILES string of the molecule is CCCCc1nnc(CCCl)s1. The maximum atomic E-state index is 5.59. The van der Waals surface area contributed by atoms with Crippen LogP contribution in [0.5, 0.6) is 0 Å². The van der Waals surface area contributed by atoms with E-state index in [0.717, 1.165) is 22.9 Å². The topological polar surface area (TPSA) is 25.8 Å². The van der Waals surface area contributed by atoms with Gasteiger partial charge in [-0.1, -0.05) is 13.3 Å². The number of nitrogens with zero attached hydrogens (tertiary/aromatic N) is 2. The molecule has 0 atom stereocenters. The minimum atomic E-state index is 0.641. The fourth-order valence-electron chi connectivity index (χ4n) is 0.899. The van der Waals surface area contributed by atoms with Crippen molar-refractivity contribution in [2.24, 2.45) is 0 Å². The largest absolute Gasteiger partial charge is 0.144 e. The molecule has 0 saturated carbocycles. The van der Waals surface area contributed by atoms with E-state index in [-0.39, 0.29) is 0 Å². The van der Waals surface area contributed by atoms with Crippen molar-refractivity contribution in [1.29, 1.82) is 0 Å². The van der Waals surface area contributed by atoms with Crippen LogP contribution in [0.1, 0.15) is 29.8 Å². The summed E-state index contributed by atoms with van der Waals surface area (Å²) in [4.78, 5) is 0. The molecule has 1 aromatic rings. The van der Waals surface area contributed by atoms with Gasteiger partial charge in [0, 0.05) is 18.7 Å². The van der Waals surface area contributed by atoms with Crippen LogP contribution in [0, 0.1) is 0 Å². The van der Waals surface area contributed by atoms with Gasteiger partial charge >= 0.3 is 0 Å². The van der Waals surface area contributed by atoms with E-state index < -0.39 is 0 Å². The Morgan fingerprint density at radius 2 is 1.92 bits per heavy atom. The van der Waals surface area contributed by atoms with Crippen molar-refractivity contribution in [2.75, 3.05) is 5.88 Å². The lowest BCUT2D eigenvalue weighted by molar-refractivity contribution is 0.777. The molecule has 0 saturated heterocycles. The Labute approximate surface area is 82.0 Å². The molecule has 0 N–H and O–H groups in total. The molecule has 0 radical (unpaired) electrons. The van der Waals surface area contributed by atoms with Gasteiger partial charge in [0.05, 0.1) is 0 Å². The van der Waals surface area contributed by atoms with Crippen LogP contribution in [0.15, 0.2) is 0 Å². The van der Waals surface area contributed by atoms with Crippen molar-refractivity contribution in [3.63, 3.8) is 0 Å². The van der Waals surface area contributed by atoms with E-state index >= 15 is 0 Å². The van der Waals surface area contributed by atoms with Crippen molar-refractivity contribution in [2.45, 2.75) is 32.6 Å². The van der Waals surface area contributed by atoms with E-state index in [4.69, 9.17) is 11.6 Å². The second-order valence-electron chi connectivity index (χ2n) is 2.63. The summed E-state index contributed by atoms with van der Waals surface area (Å²) in [5, 5.41) is 10.3. The smallest absolute Gasteiger partial charge is 0.118 e. The second kappa shape index (κ2) is 5.49. The lowest BCUT2D eigenvalue weighted by Gasteiger charge is -1.88. The molecule has 0 bridgehead atoms. The summed E-state index contributed by atoms with van der Waals surface area (Å²) in [7, 11) is 0. The average Bonchev–Trinajstić information content (AvgIpc) is 2.50. The summed E-state index contributed by atoms with van der Waals surface area (Å²) < 4.78 is 0. The van der Waals surface area contributed by atoms with E-state index in [1.54, 1.807) is 11.3 Å². The third-order valence-corrected chi connectivity index (χ3v) is 2.79. The molecule has 0 spiro atoms. The van der Waals surface area contributed by atoms with E-state index in [1.807, 2.05) is 0 Å². The lowest BCUT2D eigenvalue weighted by Crippen LogP contribution is -1.83. The molecular weight excluding hydrogens is 192 g/mol. The lowest BCUT2D eigenvalue weighted by atomic mass is 10.3. The first kappa shape index (κ1) is 9.93. The molecule has 2 nitrogen and oxygen atoms in total. The molecule has 0 amide bonds. The highest BCUT2D eigenvalue weighted by Crippen LogP contribution is 2.13. The van der Waals surface area contributed by atoms with Gasteiger partial charge in [-0.15, -0.1) is 33.1 Å². The van der Waals surface area contributed by atoms with Crippen LogP contribution in [0.4, 0.5) is 0 Å². The van der Waals surface area contributed by atoms with Gasteiger partial charge in [0.1, 0.15) is 10.0 Å². The molecule has 0 aliphatic heterocycles. The number of rotatable bonds is 5. The van der Waals surface area contributed by atoms with Crippen molar-refractivity contribution in [3.05, 3.63) is 10.0 Å². The predicted octanol–water partition coefficient (Wildman–Crippen LogP) is 2.66. The fraction of sp³-hybridized carbons (Fsp3) is 0.750. The highest BCUT2D eigenvalue weighted by atomic mass is 35.5. The van der Waals surface area contributed by atoms with Gasteiger partial charge in [0.2, 0.25) is 0 Å². The number of aromatic nitrogens is 2. The molecule has 68 valence electrons. The van der Waals surface area contributed by atoms with Crippen molar-refractivity contribution in [3.8, 4) is 0 Å². The van der Waals surface area contributed by atoms with Crippen molar-refractivity contribution in [1.82, 2.24) is 10.2 Å². The Morgan fingerprint density at radius 3 is 2.50 bits per heavy atom. The third kappa shape index (κ3) is 3.07. The maximum Gasteiger partial charge on any atom is 0.118 e. The Balaban J connectivity index is 2.41. The van der Waals surface area contributed by atoms with Crippen LogP contribution in [0.2, 0.25) is 0 Å². The zero-order chi connectivity index (χ0) is 8.81. The van der Waals surface area contributed by atoms with E-state index in [9.17, 15) is 0 Å². The van der Waals surface area contributed by atoms with Gasteiger partial charge < -0.3 is 0 Å². The summed E-state index contributed by atoms with van der Waals surface area (Å²) >= 11 is 7.28. The number of halogens is 1. The molecule has 0 fully saturated rings. The number of hydrogen-bond acceptors (Lipinski definition) is 3.